The molecule has 0 aliphatic carbocycles. The van der Waals surface area contributed by atoms with Gasteiger partial charge in [0, 0.05) is 6.42 Å². The van der Waals surface area contributed by atoms with Crippen molar-refractivity contribution in [3.63, 3.8) is 0 Å². The van der Waals surface area contributed by atoms with Gasteiger partial charge in [0.05, 0.1) is 38.6 Å². The summed E-state index contributed by atoms with van der Waals surface area (Å²) in [6.45, 7) is 1.90. The molecule has 0 bridgehead atoms. The Morgan fingerprint density at radius 1 is 0.839 bits per heavy atom. The van der Waals surface area contributed by atoms with Crippen LogP contribution in [0.4, 0.5) is 0 Å². The minimum atomic E-state index is -3.61. The van der Waals surface area contributed by atoms with Gasteiger partial charge in [-0.05, 0) is 48.9 Å². The van der Waals surface area contributed by atoms with Crippen LogP contribution >= 0.6 is 0 Å². The van der Waals surface area contributed by atoms with E-state index in [2.05, 4.69) is 9.97 Å². The van der Waals surface area contributed by atoms with Crippen molar-refractivity contribution in [2.45, 2.75) is 24.0 Å². The van der Waals surface area contributed by atoms with E-state index < -0.39 is 15.8 Å². The van der Waals surface area contributed by atoms with Gasteiger partial charge < -0.3 is 5.11 Å². The average molecular weight is 433 g/mol. The third kappa shape index (κ3) is 4.62. The normalized spacial score (nSPS) is 11.5. The first-order valence-corrected chi connectivity index (χ1v) is 11.3. The highest BCUT2D eigenvalue weighted by Gasteiger charge is 2.20. The maximum atomic E-state index is 13.0. The lowest BCUT2D eigenvalue weighted by Crippen LogP contribution is -2.11. The number of nitrogens with zero attached hydrogens (tertiary/aromatic N) is 2. The van der Waals surface area contributed by atoms with Crippen molar-refractivity contribution < 1.29 is 18.3 Å². The third-order valence-electron chi connectivity index (χ3n) is 5.00. The number of aryl methyl sites for hydroxylation is 1. The van der Waals surface area contributed by atoms with Crippen LogP contribution in [0.1, 0.15) is 32.9 Å². The first-order valence-electron chi connectivity index (χ1n) is 9.68. The molecule has 6 nitrogen and oxygen atoms in total. The van der Waals surface area contributed by atoms with Gasteiger partial charge >= 0.3 is 5.97 Å². The summed E-state index contributed by atoms with van der Waals surface area (Å²) in [5.74, 6) is -1.27. The molecular formula is C24H20N2O4S. The minimum absolute atomic E-state index is 0.190. The minimum Gasteiger partial charge on any atom is -0.478 e. The molecule has 0 atom stereocenters. The van der Waals surface area contributed by atoms with Crippen LogP contribution in [-0.4, -0.2) is 29.5 Å². The molecule has 156 valence electrons. The monoisotopic (exact) mass is 432 g/mol. The molecule has 0 unspecified atom stereocenters. The number of rotatable bonds is 6. The molecule has 0 aliphatic rings. The Balaban J connectivity index is 1.74. The van der Waals surface area contributed by atoms with Crippen molar-refractivity contribution in [2.24, 2.45) is 0 Å². The van der Waals surface area contributed by atoms with Gasteiger partial charge in [0.1, 0.15) is 0 Å². The first kappa shape index (κ1) is 20.7. The van der Waals surface area contributed by atoms with Crippen molar-refractivity contribution in [1.82, 2.24) is 9.97 Å². The maximum Gasteiger partial charge on any atom is 0.335 e. The zero-order valence-electron chi connectivity index (χ0n) is 16.8. The lowest BCUT2D eigenvalue weighted by atomic mass is 10.1. The van der Waals surface area contributed by atoms with Crippen LogP contribution in [0.2, 0.25) is 0 Å². The van der Waals surface area contributed by atoms with Crippen LogP contribution in [0.25, 0.3) is 11.0 Å². The van der Waals surface area contributed by atoms with Gasteiger partial charge in [-0.3, -0.25) is 0 Å². The summed E-state index contributed by atoms with van der Waals surface area (Å²) in [7, 11) is -3.61. The average Bonchev–Trinajstić information content (AvgIpc) is 2.74. The van der Waals surface area contributed by atoms with E-state index in [0.717, 1.165) is 11.1 Å². The van der Waals surface area contributed by atoms with E-state index in [-0.39, 0.29) is 16.2 Å². The summed E-state index contributed by atoms with van der Waals surface area (Å²) in [6.07, 6.45) is 0.344. The number of carboxylic acid groups (broad SMARTS) is 1. The Morgan fingerprint density at radius 3 is 2.00 bits per heavy atom. The lowest BCUT2D eigenvalue weighted by Gasteiger charge is -2.11. The third-order valence-corrected chi connectivity index (χ3v) is 6.65. The van der Waals surface area contributed by atoms with Gasteiger partial charge in [0.25, 0.3) is 0 Å². The Hall–Kier alpha value is -3.58. The zero-order chi connectivity index (χ0) is 22.0. The van der Waals surface area contributed by atoms with Gasteiger partial charge in [-0.15, -0.1) is 0 Å². The fraction of sp³-hybridized carbons (Fsp3) is 0.125. The standard InChI is InChI=1S/C24H20N2O4S/c1-16-6-12-19(13-7-16)31(29,30)15-23-22(25-20-4-2-3-5-21(20)26-23)14-17-8-10-18(11-9-17)24(27)28/h2-13H,14-15H2,1H3,(H,27,28). The molecule has 4 aromatic rings. The van der Waals surface area contributed by atoms with E-state index >= 15 is 0 Å². The lowest BCUT2D eigenvalue weighted by molar-refractivity contribution is 0.0697. The zero-order valence-corrected chi connectivity index (χ0v) is 17.6. The molecule has 31 heavy (non-hydrogen) atoms. The molecular weight excluding hydrogens is 412 g/mol. The topological polar surface area (TPSA) is 97.2 Å². The number of hydrogen-bond donors (Lipinski definition) is 1. The van der Waals surface area contributed by atoms with E-state index in [9.17, 15) is 13.2 Å². The van der Waals surface area contributed by atoms with Gasteiger partial charge in [-0.1, -0.05) is 42.0 Å². The highest BCUT2D eigenvalue weighted by atomic mass is 32.2. The van der Waals surface area contributed by atoms with Crippen LogP contribution in [0, 0.1) is 6.92 Å². The number of sulfone groups is 1. The smallest absolute Gasteiger partial charge is 0.335 e. The quantitative estimate of drug-likeness (QED) is 0.490. The number of carboxylic acids is 1. The number of para-hydroxylation sites is 2. The summed E-state index contributed by atoms with van der Waals surface area (Å²) < 4.78 is 26.1. The fourth-order valence-electron chi connectivity index (χ4n) is 3.30. The van der Waals surface area contributed by atoms with E-state index in [4.69, 9.17) is 5.11 Å². The molecule has 0 spiro atoms. The molecule has 4 rings (SSSR count). The summed E-state index contributed by atoms with van der Waals surface area (Å²) >= 11 is 0. The molecule has 0 fully saturated rings. The van der Waals surface area contributed by atoms with Crippen molar-refractivity contribution in [3.8, 4) is 0 Å². The van der Waals surface area contributed by atoms with E-state index in [0.29, 0.717) is 28.8 Å². The van der Waals surface area contributed by atoms with Crippen molar-refractivity contribution in [1.29, 1.82) is 0 Å². The number of hydrogen-bond acceptors (Lipinski definition) is 5. The van der Waals surface area contributed by atoms with Crippen LogP contribution in [0.15, 0.2) is 77.7 Å². The van der Waals surface area contributed by atoms with E-state index in [1.807, 2.05) is 25.1 Å². The second kappa shape index (κ2) is 8.28. The fourth-order valence-corrected chi connectivity index (χ4v) is 4.61. The van der Waals surface area contributed by atoms with Gasteiger partial charge in [-0.25, -0.2) is 23.2 Å². The summed E-state index contributed by atoms with van der Waals surface area (Å²) in [4.78, 5) is 20.6. The van der Waals surface area contributed by atoms with Crippen LogP contribution in [-0.2, 0) is 22.0 Å². The summed E-state index contributed by atoms with van der Waals surface area (Å²) in [6, 6.07) is 20.5. The van der Waals surface area contributed by atoms with Crippen LogP contribution in [0.3, 0.4) is 0 Å². The predicted octanol–water partition coefficient (Wildman–Crippen LogP) is 4.20. The highest BCUT2D eigenvalue weighted by Crippen LogP contribution is 2.22. The van der Waals surface area contributed by atoms with E-state index in [1.165, 1.54) is 12.1 Å². The Morgan fingerprint density at radius 2 is 1.42 bits per heavy atom. The molecule has 0 saturated carbocycles. The second-order valence-corrected chi connectivity index (χ2v) is 9.35. The van der Waals surface area contributed by atoms with Crippen molar-refractivity contribution in [2.75, 3.05) is 0 Å². The Labute approximate surface area is 180 Å². The largest absolute Gasteiger partial charge is 0.478 e. The number of aromatic carboxylic acids is 1. The van der Waals surface area contributed by atoms with Crippen LogP contribution < -0.4 is 0 Å². The molecule has 0 aliphatic heterocycles. The van der Waals surface area contributed by atoms with Gasteiger partial charge in [0.2, 0.25) is 0 Å². The molecule has 1 aromatic heterocycles. The SMILES string of the molecule is Cc1ccc(S(=O)(=O)Cc2nc3ccccc3nc2Cc2ccc(C(=O)O)cc2)cc1. The van der Waals surface area contributed by atoms with Crippen molar-refractivity contribution in [3.05, 3.63) is 101 Å². The summed E-state index contributed by atoms with van der Waals surface area (Å²) in [5, 5.41) is 9.09. The second-order valence-electron chi connectivity index (χ2n) is 7.36. The number of carbonyl (C=O) groups is 1. The molecule has 3 aromatic carbocycles. The van der Waals surface area contributed by atoms with Gasteiger partial charge in [-0.2, -0.15) is 0 Å². The highest BCUT2D eigenvalue weighted by molar-refractivity contribution is 7.90. The van der Waals surface area contributed by atoms with Gasteiger partial charge in [0.15, 0.2) is 9.84 Å². The summed E-state index contributed by atoms with van der Waals surface area (Å²) in [5.41, 5.74) is 4.24. The molecule has 1 N–H and O–H groups in total. The molecule has 0 amide bonds. The Bertz CT molecular complexity index is 1360. The number of benzene rings is 3. The molecule has 0 saturated heterocycles. The molecule has 0 radical (unpaired) electrons. The first-order chi connectivity index (χ1) is 14.8. The predicted molar refractivity (Wildman–Crippen MR) is 118 cm³/mol. The Kier molecular flexibility index (Phi) is 5.52. The maximum absolute atomic E-state index is 13.0. The van der Waals surface area contributed by atoms with E-state index in [1.54, 1.807) is 42.5 Å². The van der Waals surface area contributed by atoms with Crippen molar-refractivity contribution >= 4 is 26.8 Å². The number of aromatic nitrogens is 2. The van der Waals surface area contributed by atoms with Crippen LogP contribution in [0.5, 0.6) is 0 Å². The number of fused-ring (bicyclic) bond motifs is 1. The molecule has 1 heterocycles. The molecule has 7 heteroatoms.